The zero-order chi connectivity index (χ0) is 17.1. The number of nitrogens with zero attached hydrogens (tertiary/aromatic N) is 2. The van der Waals surface area contributed by atoms with Gasteiger partial charge < -0.3 is 19.7 Å². The standard InChI is InChI=1S/C19H25N3O2S/c1-20-19-21-17(13-25-19)18-3-2-10-22(18)14-4-6-15(7-5-14)24-16-8-11-23-12-9-16/h4-7,13,16,18H,2-3,8-12H2,1H3,(H,20,21)/t18-/m1/s1. The van der Waals surface area contributed by atoms with Gasteiger partial charge in [-0.15, -0.1) is 11.3 Å². The fourth-order valence-corrected chi connectivity index (χ4v) is 4.36. The average molecular weight is 359 g/mol. The Hall–Kier alpha value is -1.79. The van der Waals surface area contributed by atoms with Gasteiger partial charge in [-0.05, 0) is 37.1 Å². The average Bonchev–Trinajstić information content (AvgIpc) is 3.32. The van der Waals surface area contributed by atoms with Crippen molar-refractivity contribution in [1.29, 1.82) is 0 Å². The Balaban J connectivity index is 1.45. The van der Waals surface area contributed by atoms with E-state index in [4.69, 9.17) is 14.5 Å². The molecule has 0 radical (unpaired) electrons. The molecule has 4 rings (SSSR count). The Morgan fingerprint density at radius 3 is 2.72 bits per heavy atom. The van der Waals surface area contributed by atoms with Crippen LogP contribution in [0.5, 0.6) is 5.75 Å². The van der Waals surface area contributed by atoms with Gasteiger partial charge in [-0.2, -0.15) is 0 Å². The number of anilines is 2. The van der Waals surface area contributed by atoms with Crippen molar-refractivity contribution in [2.45, 2.75) is 37.8 Å². The predicted molar refractivity (Wildman–Crippen MR) is 102 cm³/mol. The SMILES string of the molecule is CNc1nc([C@H]2CCCN2c2ccc(OC3CCOCC3)cc2)cs1. The van der Waals surface area contributed by atoms with Crippen LogP contribution in [0.3, 0.4) is 0 Å². The maximum absolute atomic E-state index is 6.08. The summed E-state index contributed by atoms with van der Waals surface area (Å²) in [5, 5.41) is 6.30. The normalized spacial score (nSPS) is 21.5. The van der Waals surface area contributed by atoms with E-state index < -0.39 is 0 Å². The number of hydrogen-bond donors (Lipinski definition) is 1. The highest BCUT2D eigenvalue weighted by atomic mass is 32.1. The van der Waals surface area contributed by atoms with Crippen LogP contribution in [0.15, 0.2) is 29.6 Å². The second kappa shape index (κ2) is 7.62. The molecule has 25 heavy (non-hydrogen) atoms. The number of hydrogen-bond acceptors (Lipinski definition) is 6. The first-order valence-corrected chi connectivity index (χ1v) is 9.96. The minimum absolute atomic E-state index is 0.286. The van der Waals surface area contributed by atoms with Gasteiger partial charge in [-0.3, -0.25) is 0 Å². The molecule has 1 aromatic heterocycles. The molecule has 1 atom stereocenters. The van der Waals surface area contributed by atoms with E-state index in [1.54, 1.807) is 11.3 Å². The summed E-state index contributed by atoms with van der Waals surface area (Å²) in [4.78, 5) is 7.18. The number of ether oxygens (including phenoxy) is 2. The summed E-state index contributed by atoms with van der Waals surface area (Å²) in [5.74, 6) is 0.956. The molecule has 0 bridgehead atoms. The van der Waals surface area contributed by atoms with Gasteiger partial charge in [-0.25, -0.2) is 4.98 Å². The molecule has 1 aromatic carbocycles. The van der Waals surface area contributed by atoms with E-state index in [-0.39, 0.29) is 6.10 Å². The molecule has 0 saturated carbocycles. The maximum atomic E-state index is 6.08. The summed E-state index contributed by atoms with van der Waals surface area (Å²) < 4.78 is 11.5. The van der Waals surface area contributed by atoms with Gasteiger partial charge in [0.2, 0.25) is 0 Å². The van der Waals surface area contributed by atoms with E-state index in [0.717, 1.165) is 49.9 Å². The molecule has 1 N–H and O–H groups in total. The summed E-state index contributed by atoms with van der Waals surface area (Å²) in [6.45, 7) is 2.69. The highest BCUT2D eigenvalue weighted by Crippen LogP contribution is 2.37. The van der Waals surface area contributed by atoms with Crippen molar-refractivity contribution >= 4 is 22.2 Å². The molecule has 134 valence electrons. The van der Waals surface area contributed by atoms with Crippen molar-refractivity contribution in [3.8, 4) is 5.75 Å². The van der Waals surface area contributed by atoms with Crippen LogP contribution in [0.1, 0.15) is 37.4 Å². The summed E-state index contributed by atoms with van der Waals surface area (Å²) in [7, 11) is 1.92. The van der Waals surface area contributed by atoms with E-state index in [2.05, 4.69) is 39.9 Å². The second-order valence-electron chi connectivity index (χ2n) is 6.60. The molecule has 3 heterocycles. The maximum Gasteiger partial charge on any atom is 0.182 e. The lowest BCUT2D eigenvalue weighted by atomic mass is 10.1. The topological polar surface area (TPSA) is 46.6 Å². The van der Waals surface area contributed by atoms with Crippen molar-refractivity contribution in [3.63, 3.8) is 0 Å². The van der Waals surface area contributed by atoms with Crippen molar-refractivity contribution in [2.24, 2.45) is 0 Å². The first kappa shape index (κ1) is 16.7. The molecule has 0 spiro atoms. The summed E-state index contributed by atoms with van der Waals surface area (Å²) in [5.41, 5.74) is 2.43. The molecular formula is C19H25N3O2S. The lowest BCUT2D eigenvalue weighted by Gasteiger charge is -2.26. The molecule has 6 heteroatoms. The number of rotatable bonds is 5. The van der Waals surface area contributed by atoms with Gasteiger partial charge in [-0.1, -0.05) is 0 Å². The Morgan fingerprint density at radius 1 is 1.20 bits per heavy atom. The molecule has 0 aliphatic carbocycles. The van der Waals surface area contributed by atoms with Gasteiger partial charge in [0.25, 0.3) is 0 Å². The highest BCUT2D eigenvalue weighted by Gasteiger charge is 2.28. The van der Waals surface area contributed by atoms with Crippen LogP contribution in [-0.4, -0.2) is 37.9 Å². The number of nitrogens with one attached hydrogen (secondary N) is 1. The molecule has 2 aliphatic rings. The fourth-order valence-electron chi connectivity index (χ4n) is 3.64. The molecular weight excluding hydrogens is 334 g/mol. The third-order valence-electron chi connectivity index (χ3n) is 4.97. The fraction of sp³-hybridized carbons (Fsp3) is 0.526. The predicted octanol–water partition coefficient (Wildman–Crippen LogP) is 4.08. The Kier molecular flexibility index (Phi) is 5.08. The van der Waals surface area contributed by atoms with Crippen LogP contribution in [0.2, 0.25) is 0 Å². The van der Waals surface area contributed by atoms with E-state index >= 15 is 0 Å². The van der Waals surface area contributed by atoms with E-state index in [1.807, 2.05) is 7.05 Å². The first-order valence-electron chi connectivity index (χ1n) is 9.08. The van der Waals surface area contributed by atoms with Gasteiger partial charge in [0.15, 0.2) is 5.13 Å². The van der Waals surface area contributed by atoms with Crippen LogP contribution >= 0.6 is 11.3 Å². The summed E-state index contributed by atoms with van der Waals surface area (Å²) in [6.07, 6.45) is 4.61. The van der Waals surface area contributed by atoms with Crippen molar-refractivity contribution in [3.05, 3.63) is 35.3 Å². The van der Waals surface area contributed by atoms with Gasteiger partial charge in [0.1, 0.15) is 11.9 Å². The second-order valence-corrected chi connectivity index (χ2v) is 7.46. The van der Waals surface area contributed by atoms with Crippen LogP contribution < -0.4 is 15.0 Å². The van der Waals surface area contributed by atoms with Crippen LogP contribution in [0.4, 0.5) is 10.8 Å². The molecule has 2 fully saturated rings. The highest BCUT2D eigenvalue weighted by molar-refractivity contribution is 7.13. The van der Waals surface area contributed by atoms with Crippen LogP contribution in [0.25, 0.3) is 0 Å². The number of thiazole rings is 1. The van der Waals surface area contributed by atoms with E-state index in [9.17, 15) is 0 Å². The number of benzene rings is 1. The van der Waals surface area contributed by atoms with Gasteiger partial charge in [0.05, 0.1) is 24.9 Å². The van der Waals surface area contributed by atoms with Crippen molar-refractivity contribution < 1.29 is 9.47 Å². The smallest absolute Gasteiger partial charge is 0.182 e. The minimum Gasteiger partial charge on any atom is -0.490 e. The van der Waals surface area contributed by atoms with Gasteiger partial charge >= 0.3 is 0 Å². The quantitative estimate of drug-likeness (QED) is 0.871. The molecule has 5 nitrogen and oxygen atoms in total. The molecule has 2 aliphatic heterocycles. The Morgan fingerprint density at radius 2 is 2.00 bits per heavy atom. The summed E-state index contributed by atoms with van der Waals surface area (Å²) in [6, 6.07) is 8.93. The molecule has 0 amide bonds. The zero-order valence-corrected chi connectivity index (χ0v) is 15.4. The monoisotopic (exact) mass is 359 g/mol. The Labute approximate surface area is 153 Å². The van der Waals surface area contributed by atoms with E-state index in [0.29, 0.717) is 6.04 Å². The minimum atomic E-state index is 0.286. The van der Waals surface area contributed by atoms with Crippen molar-refractivity contribution in [2.75, 3.05) is 37.0 Å². The van der Waals surface area contributed by atoms with E-state index in [1.165, 1.54) is 17.8 Å². The van der Waals surface area contributed by atoms with Crippen LogP contribution in [-0.2, 0) is 4.74 Å². The number of aromatic nitrogens is 1. The van der Waals surface area contributed by atoms with Gasteiger partial charge in [0, 0.05) is 37.5 Å². The third-order valence-corrected chi connectivity index (χ3v) is 5.85. The lowest BCUT2D eigenvalue weighted by Crippen LogP contribution is -2.26. The molecule has 0 unspecified atom stereocenters. The Bertz CT molecular complexity index is 682. The third kappa shape index (κ3) is 3.75. The lowest BCUT2D eigenvalue weighted by molar-refractivity contribution is 0.0256. The van der Waals surface area contributed by atoms with Crippen molar-refractivity contribution in [1.82, 2.24) is 4.98 Å². The molecule has 2 aromatic rings. The zero-order valence-electron chi connectivity index (χ0n) is 14.6. The summed E-state index contributed by atoms with van der Waals surface area (Å²) >= 11 is 1.68. The molecule has 2 saturated heterocycles. The largest absolute Gasteiger partial charge is 0.490 e. The first-order chi connectivity index (χ1) is 12.3. The van der Waals surface area contributed by atoms with Crippen LogP contribution in [0, 0.1) is 0 Å².